The molecule has 4 rings (SSSR count). The molecular formula is C18H17ClN2. The fourth-order valence-electron chi connectivity index (χ4n) is 3.15. The molecule has 0 bridgehead atoms. The first-order valence-corrected chi connectivity index (χ1v) is 7.78. The summed E-state index contributed by atoms with van der Waals surface area (Å²) in [5.74, 6) is 0. The van der Waals surface area contributed by atoms with Crippen molar-refractivity contribution in [3.05, 3.63) is 59.2 Å². The fraction of sp³-hybridized carbons (Fsp3) is 0.222. The van der Waals surface area contributed by atoms with Crippen LogP contribution in [0, 0.1) is 0 Å². The van der Waals surface area contributed by atoms with Gasteiger partial charge >= 0.3 is 0 Å². The summed E-state index contributed by atoms with van der Waals surface area (Å²) in [4.78, 5) is 0. The number of benzene rings is 2. The summed E-state index contributed by atoms with van der Waals surface area (Å²) in [6.07, 6.45) is 1.10. The van der Waals surface area contributed by atoms with E-state index in [-0.39, 0.29) is 0 Å². The van der Waals surface area contributed by atoms with Crippen LogP contribution in [0.5, 0.6) is 0 Å². The van der Waals surface area contributed by atoms with Crippen molar-refractivity contribution in [2.45, 2.75) is 13.0 Å². The van der Waals surface area contributed by atoms with Crippen molar-refractivity contribution in [1.82, 2.24) is 9.88 Å². The van der Waals surface area contributed by atoms with Crippen LogP contribution in [0.2, 0.25) is 5.02 Å². The molecule has 1 aromatic heterocycles. The number of fused-ring (bicyclic) bond motifs is 3. The molecule has 106 valence electrons. The van der Waals surface area contributed by atoms with Crippen LogP contribution >= 0.6 is 11.6 Å². The molecule has 2 heterocycles. The topological polar surface area (TPSA) is 17.0 Å². The van der Waals surface area contributed by atoms with E-state index in [1.807, 2.05) is 12.1 Å². The second kappa shape index (κ2) is 5.21. The van der Waals surface area contributed by atoms with E-state index in [1.54, 1.807) is 0 Å². The largest absolute Gasteiger partial charge is 0.343 e. The molecular weight excluding hydrogens is 280 g/mol. The molecule has 1 aliphatic rings. The third-order valence-corrected chi connectivity index (χ3v) is 4.49. The van der Waals surface area contributed by atoms with Gasteiger partial charge in [-0.2, -0.15) is 0 Å². The minimum Gasteiger partial charge on any atom is -0.343 e. The summed E-state index contributed by atoms with van der Waals surface area (Å²) in [5.41, 5.74) is 5.23. The highest BCUT2D eigenvalue weighted by Gasteiger charge is 2.12. The van der Waals surface area contributed by atoms with E-state index < -0.39 is 0 Å². The Bertz CT molecular complexity index is 787. The van der Waals surface area contributed by atoms with Crippen LogP contribution in [0.1, 0.15) is 5.69 Å². The number of hydrogen-bond donors (Lipinski definition) is 1. The van der Waals surface area contributed by atoms with Crippen molar-refractivity contribution < 1.29 is 0 Å². The summed E-state index contributed by atoms with van der Waals surface area (Å²) >= 11 is 5.97. The molecule has 21 heavy (non-hydrogen) atoms. The Labute approximate surface area is 129 Å². The van der Waals surface area contributed by atoms with Gasteiger partial charge in [-0.25, -0.2) is 0 Å². The van der Waals surface area contributed by atoms with E-state index >= 15 is 0 Å². The molecule has 0 radical (unpaired) electrons. The first-order valence-electron chi connectivity index (χ1n) is 7.40. The quantitative estimate of drug-likeness (QED) is 0.715. The molecule has 1 N–H and O–H groups in total. The van der Waals surface area contributed by atoms with E-state index in [9.17, 15) is 0 Å². The molecule has 0 amide bonds. The SMILES string of the molecule is Clc1ccc(-c2ccc3c(c2)cc2n3CCNCC2)cc1. The van der Waals surface area contributed by atoms with Gasteiger partial charge in [0, 0.05) is 47.7 Å². The van der Waals surface area contributed by atoms with Gasteiger partial charge in [0.25, 0.3) is 0 Å². The van der Waals surface area contributed by atoms with Crippen molar-refractivity contribution in [2.75, 3.05) is 13.1 Å². The average Bonchev–Trinajstić information content (AvgIpc) is 2.68. The Balaban J connectivity index is 1.82. The van der Waals surface area contributed by atoms with E-state index in [1.165, 1.54) is 27.7 Å². The summed E-state index contributed by atoms with van der Waals surface area (Å²) in [6, 6.07) is 17.1. The number of hydrogen-bond acceptors (Lipinski definition) is 1. The molecule has 0 aliphatic carbocycles. The van der Waals surface area contributed by atoms with Crippen LogP contribution < -0.4 is 5.32 Å². The Morgan fingerprint density at radius 2 is 1.71 bits per heavy atom. The highest BCUT2D eigenvalue weighted by atomic mass is 35.5. The molecule has 2 aromatic carbocycles. The predicted molar refractivity (Wildman–Crippen MR) is 89.0 cm³/mol. The lowest BCUT2D eigenvalue weighted by molar-refractivity contribution is 0.658. The van der Waals surface area contributed by atoms with Gasteiger partial charge in [0.05, 0.1) is 0 Å². The lowest BCUT2D eigenvalue weighted by Crippen LogP contribution is -2.17. The average molecular weight is 297 g/mol. The standard InChI is InChI=1S/C18H17ClN2/c19-16-4-1-13(2-5-16)14-3-6-18-15(11-14)12-17-7-8-20-9-10-21(17)18/h1-6,11-12,20H,7-10H2. The van der Waals surface area contributed by atoms with Gasteiger partial charge in [0.2, 0.25) is 0 Å². The molecule has 1 aliphatic heterocycles. The third-order valence-electron chi connectivity index (χ3n) is 4.23. The van der Waals surface area contributed by atoms with E-state index in [4.69, 9.17) is 11.6 Å². The summed E-state index contributed by atoms with van der Waals surface area (Å²) in [6.45, 7) is 3.18. The predicted octanol–water partition coefficient (Wildman–Crippen LogP) is 4.11. The van der Waals surface area contributed by atoms with Gasteiger partial charge in [-0.15, -0.1) is 0 Å². The minimum atomic E-state index is 0.780. The van der Waals surface area contributed by atoms with Gasteiger partial charge in [-0.05, 0) is 41.5 Å². The second-order valence-corrected chi connectivity index (χ2v) is 6.00. The maximum absolute atomic E-state index is 5.97. The zero-order chi connectivity index (χ0) is 14.2. The van der Waals surface area contributed by atoms with Crippen LogP contribution in [0.3, 0.4) is 0 Å². The monoisotopic (exact) mass is 296 g/mol. The minimum absolute atomic E-state index is 0.780. The van der Waals surface area contributed by atoms with Crippen molar-refractivity contribution in [1.29, 1.82) is 0 Å². The lowest BCUT2D eigenvalue weighted by Gasteiger charge is -2.07. The van der Waals surface area contributed by atoms with E-state index in [0.29, 0.717) is 0 Å². The molecule has 0 unspecified atom stereocenters. The Morgan fingerprint density at radius 1 is 0.905 bits per heavy atom. The third kappa shape index (κ3) is 2.35. The number of nitrogens with one attached hydrogen (secondary N) is 1. The highest BCUT2D eigenvalue weighted by Crippen LogP contribution is 2.28. The molecule has 3 aromatic rings. The van der Waals surface area contributed by atoms with Crippen LogP contribution in [0.25, 0.3) is 22.0 Å². The van der Waals surface area contributed by atoms with Crippen LogP contribution in [0.4, 0.5) is 0 Å². The van der Waals surface area contributed by atoms with Crippen molar-refractivity contribution in [3.63, 3.8) is 0 Å². The molecule has 2 nitrogen and oxygen atoms in total. The Morgan fingerprint density at radius 3 is 2.57 bits per heavy atom. The highest BCUT2D eigenvalue weighted by molar-refractivity contribution is 6.30. The smallest absolute Gasteiger partial charge is 0.0483 e. The number of rotatable bonds is 1. The number of halogens is 1. The summed E-state index contributed by atoms with van der Waals surface area (Å²) < 4.78 is 2.45. The van der Waals surface area contributed by atoms with Gasteiger partial charge < -0.3 is 9.88 Å². The maximum atomic E-state index is 5.97. The first-order chi connectivity index (χ1) is 10.3. The molecule has 0 fully saturated rings. The van der Waals surface area contributed by atoms with Gasteiger partial charge in [0.1, 0.15) is 0 Å². The normalized spacial score (nSPS) is 14.9. The Kier molecular flexibility index (Phi) is 3.21. The maximum Gasteiger partial charge on any atom is 0.0483 e. The van der Waals surface area contributed by atoms with Crippen LogP contribution in [0.15, 0.2) is 48.5 Å². The molecule has 3 heteroatoms. The Hall–Kier alpha value is -1.77. The lowest BCUT2D eigenvalue weighted by atomic mass is 10.0. The molecule has 0 saturated heterocycles. The molecule has 0 saturated carbocycles. The van der Waals surface area contributed by atoms with E-state index in [2.05, 4.69) is 46.3 Å². The molecule has 0 spiro atoms. The zero-order valence-corrected chi connectivity index (χ0v) is 12.5. The van der Waals surface area contributed by atoms with Crippen LogP contribution in [-0.4, -0.2) is 17.7 Å². The fourth-order valence-corrected chi connectivity index (χ4v) is 3.28. The van der Waals surface area contributed by atoms with Crippen molar-refractivity contribution in [2.24, 2.45) is 0 Å². The van der Waals surface area contributed by atoms with Gasteiger partial charge in [0.15, 0.2) is 0 Å². The van der Waals surface area contributed by atoms with Crippen molar-refractivity contribution >= 4 is 22.5 Å². The zero-order valence-electron chi connectivity index (χ0n) is 11.8. The molecule has 0 atom stereocenters. The van der Waals surface area contributed by atoms with E-state index in [0.717, 1.165) is 31.1 Å². The number of aromatic nitrogens is 1. The summed E-state index contributed by atoms with van der Waals surface area (Å²) in [5, 5.41) is 5.57. The van der Waals surface area contributed by atoms with Crippen molar-refractivity contribution in [3.8, 4) is 11.1 Å². The second-order valence-electron chi connectivity index (χ2n) is 5.57. The first kappa shape index (κ1) is 12.9. The van der Waals surface area contributed by atoms with Crippen LogP contribution in [-0.2, 0) is 13.0 Å². The number of nitrogens with zero attached hydrogens (tertiary/aromatic N) is 1. The van der Waals surface area contributed by atoms with Gasteiger partial charge in [-0.1, -0.05) is 29.8 Å². The van der Waals surface area contributed by atoms with Gasteiger partial charge in [-0.3, -0.25) is 0 Å². The summed E-state index contributed by atoms with van der Waals surface area (Å²) in [7, 11) is 0.